The molecule has 0 bridgehead atoms. The van der Waals surface area contributed by atoms with Crippen LogP contribution in [0.1, 0.15) is 5.89 Å². The maximum atomic E-state index is 13.7. The number of hydrogen-bond acceptors (Lipinski definition) is 4. The van der Waals surface area contributed by atoms with E-state index in [-0.39, 0.29) is 12.4 Å². The molecule has 4 nitrogen and oxygen atoms in total. The Kier molecular flexibility index (Phi) is 4.40. The van der Waals surface area contributed by atoms with Gasteiger partial charge in [-0.15, -0.1) is 10.2 Å². The van der Waals surface area contributed by atoms with Gasteiger partial charge in [0, 0.05) is 15.1 Å². The Labute approximate surface area is 139 Å². The molecule has 0 saturated heterocycles. The molecular weight excluding hydrogens is 373 g/mol. The van der Waals surface area contributed by atoms with E-state index >= 15 is 0 Å². The molecule has 0 aliphatic heterocycles. The lowest BCUT2D eigenvalue weighted by Crippen LogP contribution is -2.01. The smallest absolute Gasteiger partial charge is 0.247 e. The van der Waals surface area contributed by atoms with Crippen molar-refractivity contribution in [1.29, 1.82) is 0 Å². The Morgan fingerprint density at radius 3 is 2.82 bits per heavy atom. The highest BCUT2D eigenvalue weighted by atomic mass is 79.9. The molecule has 0 saturated carbocycles. The first-order valence-electron chi connectivity index (χ1n) is 6.39. The molecular formula is C15H10BrClFN3O. The Morgan fingerprint density at radius 1 is 1.18 bits per heavy atom. The van der Waals surface area contributed by atoms with Crippen LogP contribution in [0.15, 0.2) is 51.4 Å². The second-order valence-electron chi connectivity index (χ2n) is 4.49. The maximum absolute atomic E-state index is 13.7. The van der Waals surface area contributed by atoms with Crippen molar-refractivity contribution in [2.75, 3.05) is 5.32 Å². The fraction of sp³-hybridized carbons (Fsp3) is 0.0667. The lowest BCUT2D eigenvalue weighted by atomic mass is 10.2. The number of aromatic nitrogens is 2. The molecule has 1 heterocycles. The minimum absolute atomic E-state index is 0.228. The highest BCUT2D eigenvalue weighted by molar-refractivity contribution is 9.10. The van der Waals surface area contributed by atoms with Crippen molar-refractivity contribution in [1.82, 2.24) is 10.2 Å². The van der Waals surface area contributed by atoms with Gasteiger partial charge in [0.15, 0.2) is 0 Å². The van der Waals surface area contributed by atoms with Crippen molar-refractivity contribution < 1.29 is 8.81 Å². The van der Waals surface area contributed by atoms with Crippen molar-refractivity contribution >= 4 is 33.2 Å². The Morgan fingerprint density at radius 2 is 2.05 bits per heavy atom. The standard InChI is InChI=1S/C15H10BrClFN3O/c16-10-4-5-13(12(18)7-10)19-8-14-20-21-15(22-14)9-2-1-3-11(17)6-9/h1-7,19H,8H2. The normalized spacial score (nSPS) is 10.7. The molecule has 3 rings (SSSR count). The zero-order valence-electron chi connectivity index (χ0n) is 11.2. The zero-order valence-corrected chi connectivity index (χ0v) is 13.5. The molecule has 7 heteroatoms. The molecule has 0 amide bonds. The molecule has 0 aliphatic rings. The van der Waals surface area contributed by atoms with Gasteiger partial charge >= 0.3 is 0 Å². The van der Waals surface area contributed by atoms with Gasteiger partial charge in [-0.3, -0.25) is 0 Å². The molecule has 22 heavy (non-hydrogen) atoms. The first-order valence-corrected chi connectivity index (χ1v) is 7.56. The van der Waals surface area contributed by atoms with Gasteiger partial charge in [-0.1, -0.05) is 33.6 Å². The highest BCUT2D eigenvalue weighted by Gasteiger charge is 2.10. The summed E-state index contributed by atoms with van der Waals surface area (Å²) in [5.74, 6) is 0.372. The summed E-state index contributed by atoms with van der Waals surface area (Å²) in [6, 6.07) is 11.9. The van der Waals surface area contributed by atoms with E-state index in [1.807, 2.05) is 6.07 Å². The summed E-state index contributed by atoms with van der Waals surface area (Å²) in [4.78, 5) is 0. The largest absolute Gasteiger partial charge is 0.419 e. The van der Waals surface area contributed by atoms with Gasteiger partial charge in [0.05, 0.1) is 12.2 Å². The van der Waals surface area contributed by atoms with Crippen LogP contribution < -0.4 is 5.32 Å². The number of rotatable bonds is 4. The van der Waals surface area contributed by atoms with Gasteiger partial charge in [0.25, 0.3) is 0 Å². The molecule has 0 fully saturated rings. The van der Waals surface area contributed by atoms with Gasteiger partial charge in [0.2, 0.25) is 11.8 Å². The predicted octanol–water partition coefficient (Wildman–Crippen LogP) is 4.90. The van der Waals surface area contributed by atoms with Crippen LogP contribution in [0.2, 0.25) is 5.02 Å². The first kappa shape index (κ1) is 15.0. The molecule has 0 aliphatic carbocycles. The summed E-state index contributed by atoms with van der Waals surface area (Å²) in [7, 11) is 0. The van der Waals surface area contributed by atoms with E-state index in [9.17, 15) is 4.39 Å². The third-order valence-corrected chi connectivity index (χ3v) is 3.63. The molecule has 1 N–H and O–H groups in total. The second-order valence-corrected chi connectivity index (χ2v) is 5.84. The van der Waals surface area contributed by atoms with Crippen molar-refractivity contribution in [2.24, 2.45) is 0 Å². The number of anilines is 1. The van der Waals surface area contributed by atoms with E-state index in [1.165, 1.54) is 6.07 Å². The van der Waals surface area contributed by atoms with Gasteiger partial charge in [0.1, 0.15) is 5.82 Å². The molecule has 0 unspecified atom stereocenters. The fourth-order valence-corrected chi connectivity index (χ4v) is 2.39. The van der Waals surface area contributed by atoms with Gasteiger partial charge in [-0.05, 0) is 36.4 Å². The Hall–Kier alpha value is -1.92. The van der Waals surface area contributed by atoms with Crippen LogP contribution in [-0.4, -0.2) is 10.2 Å². The zero-order chi connectivity index (χ0) is 15.5. The lowest BCUT2D eigenvalue weighted by Gasteiger charge is -2.05. The minimum Gasteiger partial charge on any atom is -0.419 e. The summed E-state index contributed by atoms with van der Waals surface area (Å²) in [6.45, 7) is 0.228. The number of hydrogen-bond donors (Lipinski definition) is 1. The third-order valence-electron chi connectivity index (χ3n) is 2.90. The molecule has 112 valence electrons. The minimum atomic E-state index is -0.357. The SMILES string of the molecule is Fc1cc(Br)ccc1NCc1nnc(-c2cccc(Cl)c2)o1. The third kappa shape index (κ3) is 3.45. The van der Waals surface area contributed by atoms with Crippen LogP contribution in [-0.2, 0) is 6.54 Å². The average Bonchev–Trinajstić information content (AvgIpc) is 2.95. The van der Waals surface area contributed by atoms with Crippen molar-refractivity contribution in [3.63, 3.8) is 0 Å². The molecule has 0 spiro atoms. The monoisotopic (exact) mass is 381 g/mol. The molecule has 0 radical (unpaired) electrons. The fourth-order valence-electron chi connectivity index (χ4n) is 1.87. The van der Waals surface area contributed by atoms with Crippen molar-refractivity contribution in [3.05, 3.63) is 63.7 Å². The highest BCUT2D eigenvalue weighted by Crippen LogP contribution is 2.23. The molecule has 0 atom stereocenters. The lowest BCUT2D eigenvalue weighted by molar-refractivity contribution is 0.514. The number of benzene rings is 2. The molecule has 3 aromatic rings. The van der Waals surface area contributed by atoms with Gasteiger partial charge in [-0.2, -0.15) is 0 Å². The van der Waals surface area contributed by atoms with E-state index in [2.05, 4.69) is 31.4 Å². The quantitative estimate of drug-likeness (QED) is 0.697. The summed E-state index contributed by atoms with van der Waals surface area (Å²) in [6.07, 6.45) is 0. The van der Waals surface area contributed by atoms with Crippen LogP contribution in [0.4, 0.5) is 10.1 Å². The molecule has 1 aromatic heterocycles. The van der Waals surface area contributed by atoms with Gasteiger partial charge in [-0.25, -0.2) is 4.39 Å². The van der Waals surface area contributed by atoms with Gasteiger partial charge < -0.3 is 9.73 Å². The topological polar surface area (TPSA) is 51.0 Å². The van der Waals surface area contributed by atoms with Crippen LogP contribution in [0, 0.1) is 5.82 Å². The maximum Gasteiger partial charge on any atom is 0.247 e. The first-order chi connectivity index (χ1) is 10.6. The van der Waals surface area contributed by atoms with Crippen LogP contribution in [0.3, 0.4) is 0 Å². The average molecular weight is 383 g/mol. The summed E-state index contributed by atoms with van der Waals surface area (Å²) in [5.41, 5.74) is 1.10. The second kappa shape index (κ2) is 6.46. The van der Waals surface area contributed by atoms with E-state index in [1.54, 1.807) is 30.3 Å². The number of nitrogens with zero attached hydrogens (tertiary/aromatic N) is 2. The van der Waals surface area contributed by atoms with Crippen molar-refractivity contribution in [3.8, 4) is 11.5 Å². The van der Waals surface area contributed by atoms with E-state index in [4.69, 9.17) is 16.0 Å². The van der Waals surface area contributed by atoms with E-state index < -0.39 is 0 Å². The Balaban J connectivity index is 1.72. The van der Waals surface area contributed by atoms with Crippen molar-refractivity contribution in [2.45, 2.75) is 6.54 Å². The molecule has 2 aromatic carbocycles. The Bertz CT molecular complexity index is 809. The number of halogens is 3. The van der Waals surface area contributed by atoms with Crippen LogP contribution in [0.25, 0.3) is 11.5 Å². The predicted molar refractivity (Wildman–Crippen MR) is 86.2 cm³/mol. The summed E-state index contributed by atoms with van der Waals surface area (Å²) < 4.78 is 19.9. The number of nitrogens with one attached hydrogen (secondary N) is 1. The van der Waals surface area contributed by atoms with E-state index in [0.29, 0.717) is 27.0 Å². The van der Waals surface area contributed by atoms with E-state index in [0.717, 1.165) is 5.56 Å². The van der Waals surface area contributed by atoms with Crippen LogP contribution >= 0.6 is 27.5 Å². The summed E-state index contributed by atoms with van der Waals surface area (Å²) >= 11 is 9.13. The summed E-state index contributed by atoms with van der Waals surface area (Å²) in [5, 5.41) is 11.4. The van der Waals surface area contributed by atoms with Crippen LogP contribution in [0.5, 0.6) is 0 Å².